The van der Waals surface area contributed by atoms with E-state index in [2.05, 4.69) is 51.3 Å². The summed E-state index contributed by atoms with van der Waals surface area (Å²) < 4.78 is 11.2. The van der Waals surface area contributed by atoms with Crippen molar-refractivity contribution in [1.29, 1.82) is 0 Å². The average molecular weight is 533 g/mol. The Morgan fingerprint density at radius 3 is 1.90 bits per heavy atom. The molecule has 210 valence electrons. The molecular weight excluding hydrogens is 488 g/mol. The molecule has 4 aliphatic rings. The minimum atomic E-state index is 0.103. The van der Waals surface area contributed by atoms with Gasteiger partial charge in [0, 0.05) is 41.7 Å². The van der Waals surface area contributed by atoms with Crippen molar-refractivity contribution in [3.8, 4) is 5.75 Å². The molecule has 4 atom stereocenters. The molecule has 39 heavy (non-hydrogen) atoms. The number of nitrogens with one attached hydrogen (secondary N) is 1. The fourth-order valence-corrected chi connectivity index (χ4v) is 9.13. The number of aryl methyl sites for hydroxylation is 1. The first-order valence-corrected chi connectivity index (χ1v) is 14.4. The number of rotatable bonds is 3. The number of hydrogen-bond donors (Lipinski definition) is 1. The van der Waals surface area contributed by atoms with Crippen LogP contribution in [-0.4, -0.2) is 26.3 Å². The van der Waals surface area contributed by atoms with Crippen LogP contribution < -0.4 is 15.9 Å². The van der Waals surface area contributed by atoms with Gasteiger partial charge in [-0.3, -0.25) is 24.1 Å². The van der Waals surface area contributed by atoms with Crippen molar-refractivity contribution >= 4 is 0 Å². The molecule has 0 radical (unpaired) electrons. The van der Waals surface area contributed by atoms with Gasteiger partial charge in [0.2, 0.25) is 0 Å². The fraction of sp³-hybridized carbons (Fsp3) is 0.625. The van der Waals surface area contributed by atoms with Crippen LogP contribution >= 0.6 is 0 Å². The lowest BCUT2D eigenvalue weighted by atomic mass is 9.70. The minimum Gasteiger partial charge on any atom is -0.497 e. The molecular formula is C32H44N4O3. The third kappa shape index (κ3) is 3.10. The van der Waals surface area contributed by atoms with Crippen LogP contribution in [0.2, 0.25) is 0 Å². The van der Waals surface area contributed by atoms with Crippen LogP contribution in [0.25, 0.3) is 0 Å². The molecule has 0 spiro atoms. The van der Waals surface area contributed by atoms with Crippen LogP contribution in [-0.2, 0) is 31.5 Å². The van der Waals surface area contributed by atoms with E-state index in [1.165, 1.54) is 30.7 Å². The van der Waals surface area contributed by atoms with E-state index in [1.807, 2.05) is 47.7 Å². The average Bonchev–Trinajstić information content (AvgIpc) is 3.58. The molecule has 2 aromatic heterocycles. The highest BCUT2D eigenvalue weighted by Gasteiger charge is 2.63. The molecule has 2 heterocycles. The molecule has 7 nitrogen and oxygen atoms in total. The van der Waals surface area contributed by atoms with Crippen LogP contribution in [0.5, 0.6) is 5.75 Å². The number of aromatic nitrogens is 4. The predicted molar refractivity (Wildman–Crippen MR) is 154 cm³/mol. The van der Waals surface area contributed by atoms with Crippen molar-refractivity contribution in [2.45, 2.75) is 96.4 Å². The molecule has 4 aliphatic carbocycles. The number of benzene rings is 1. The van der Waals surface area contributed by atoms with Crippen molar-refractivity contribution in [3.63, 3.8) is 0 Å². The van der Waals surface area contributed by atoms with Crippen molar-refractivity contribution in [3.05, 3.63) is 73.1 Å². The smallest absolute Gasteiger partial charge is 0.270 e. The summed E-state index contributed by atoms with van der Waals surface area (Å²) in [5, 5.41) is 2.90. The molecule has 0 unspecified atom stereocenters. The van der Waals surface area contributed by atoms with Gasteiger partial charge in [0.05, 0.1) is 19.3 Å². The largest absolute Gasteiger partial charge is 0.497 e. The van der Waals surface area contributed by atoms with Gasteiger partial charge in [0.25, 0.3) is 11.1 Å². The van der Waals surface area contributed by atoms with Crippen molar-refractivity contribution in [1.82, 2.24) is 19.1 Å². The van der Waals surface area contributed by atoms with Gasteiger partial charge in [-0.05, 0) is 66.0 Å². The van der Waals surface area contributed by atoms with Gasteiger partial charge in [-0.25, -0.2) is 4.68 Å². The van der Waals surface area contributed by atoms with E-state index in [9.17, 15) is 9.59 Å². The normalized spacial score (nSPS) is 30.2. The van der Waals surface area contributed by atoms with Crippen molar-refractivity contribution in [2.24, 2.45) is 24.9 Å². The lowest BCUT2D eigenvalue weighted by Gasteiger charge is -2.36. The van der Waals surface area contributed by atoms with E-state index in [4.69, 9.17) is 4.74 Å². The molecule has 7 heteroatoms. The monoisotopic (exact) mass is 532 g/mol. The summed E-state index contributed by atoms with van der Waals surface area (Å²) in [7, 11) is 5.67. The molecule has 0 saturated heterocycles. The third-order valence-electron chi connectivity index (χ3n) is 12.2. The molecule has 7 rings (SSSR count). The van der Waals surface area contributed by atoms with Crippen LogP contribution in [0.4, 0.5) is 0 Å². The van der Waals surface area contributed by atoms with Gasteiger partial charge in [-0.2, -0.15) is 0 Å². The maximum Gasteiger partial charge on any atom is 0.270 e. The standard InChI is InChI=1S/C20H26N2O2.C12H18N2O/c1-19(2)15-10-11-20(19,3)17-16(15)18(23)22(21(17)4)12-13-6-8-14(24-5)9-7-13;1-11(2)7-5-6-12(11,3)9-8(7)10(15)13-14(9)4/h6-9,15H,10-12H2,1-5H3;7H,5-6H2,1-4H3,(H,13,15)/t15-,20+;7-,12+/m11/s1. The topological polar surface area (TPSA) is 73.9 Å². The van der Waals surface area contributed by atoms with Gasteiger partial charge in [0.1, 0.15) is 5.75 Å². The van der Waals surface area contributed by atoms with Gasteiger partial charge in [-0.15, -0.1) is 0 Å². The summed E-state index contributed by atoms with van der Waals surface area (Å²) in [5.41, 5.74) is 6.81. The second-order valence-electron chi connectivity index (χ2n) is 14.0. The summed E-state index contributed by atoms with van der Waals surface area (Å²) in [6, 6.07) is 7.96. The zero-order valence-corrected chi connectivity index (χ0v) is 25.1. The highest BCUT2D eigenvalue weighted by atomic mass is 16.5. The van der Waals surface area contributed by atoms with Crippen molar-refractivity contribution < 1.29 is 4.74 Å². The quantitative estimate of drug-likeness (QED) is 0.497. The zero-order valence-electron chi connectivity index (χ0n) is 25.1. The number of fused-ring (bicyclic) bond motifs is 10. The summed E-state index contributed by atoms with van der Waals surface area (Å²) in [5.74, 6) is 1.70. The number of hydrogen-bond acceptors (Lipinski definition) is 3. The molecule has 0 aliphatic heterocycles. The van der Waals surface area contributed by atoms with Gasteiger partial charge in [0.15, 0.2) is 0 Å². The predicted octanol–water partition coefficient (Wildman–Crippen LogP) is 5.31. The van der Waals surface area contributed by atoms with E-state index in [-0.39, 0.29) is 32.8 Å². The van der Waals surface area contributed by atoms with E-state index < -0.39 is 0 Å². The highest BCUT2D eigenvalue weighted by Crippen LogP contribution is 2.67. The fourth-order valence-electron chi connectivity index (χ4n) is 9.13. The lowest BCUT2D eigenvalue weighted by molar-refractivity contribution is 0.215. The second kappa shape index (κ2) is 8.05. The third-order valence-corrected chi connectivity index (χ3v) is 12.2. The van der Waals surface area contributed by atoms with Crippen LogP contribution in [0.1, 0.15) is 107 Å². The maximum atomic E-state index is 13.1. The van der Waals surface area contributed by atoms with Crippen LogP contribution in [0.15, 0.2) is 33.9 Å². The van der Waals surface area contributed by atoms with Crippen LogP contribution in [0, 0.1) is 10.8 Å². The molecule has 4 bridgehead atoms. The first-order chi connectivity index (χ1) is 18.2. The van der Waals surface area contributed by atoms with E-state index >= 15 is 0 Å². The molecule has 2 fully saturated rings. The Labute approximate surface area is 231 Å². The Morgan fingerprint density at radius 1 is 0.846 bits per heavy atom. The van der Waals surface area contributed by atoms with Gasteiger partial charge in [-0.1, -0.05) is 53.7 Å². The van der Waals surface area contributed by atoms with Crippen molar-refractivity contribution in [2.75, 3.05) is 7.11 Å². The Morgan fingerprint density at radius 2 is 1.38 bits per heavy atom. The molecule has 2 saturated carbocycles. The summed E-state index contributed by atoms with van der Waals surface area (Å²) in [4.78, 5) is 25.0. The Bertz CT molecular complexity index is 1580. The summed E-state index contributed by atoms with van der Waals surface area (Å²) in [6.07, 6.45) is 4.70. The SMILES string of the molecule is COc1ccc(Cn2c(=O)c3c(n2C)[C@]2(C)CC[C@H]3C2(C)C)cc1.Cn1[nH]c(=O)c2c1[C@]1(C)CC[C@H]2C1(C)C. The molecule has 3 aromatic rings. The van der Waals surface area contributed by atoms with E-state index in [0.29, 0.717) is 18.4 Å². The maximum absolute atomic E-state index is 13.1. The summed E-state index contributed by atoms with van der Waals surface area (Å²) >= 11 is 0. The number of ether oxygens (including phenoxy) is 1. The van der Waals surface area contributed by atoms with E-state index in [1.54, 1.807) is 7.11 Å². The second-order valence-corrected chi connectivity index (χ2v) is 14.0. The van der Waals surface area contributed by atoms with Gasteiger partial charge >= 0.3 is 0 Å². The number of H-pyrrole nitrogens is 1. The van der Waals surface area contributed by atoms with E-state index in [0.717, 1.165) is 28.9 Å². The number of methoxy groups -OCH3 is 1. The highest BCUT2D eigenvalue weighted by molar-refractivity contribution is 5.46. The first-order valence-electron chi connectivity index (χ1n) is 14.4. The number of aromatic amines is 1. The Kier molecular flexibility index (Phi) is 5.42. The van der Waals surface area contributed by atoms with Gasteiger partial charge < -0.3 is 4.74 Å². The number of nitrogens with zero attached hydrogens (tertiary/aromatic N) is 3. The first kappa shape index (κ1) is 26.3. The minimum absolute atomic E-state index is 0.103. The molecule has 1 aromatic carbocycles. The zero-order chi connectivity index (χ0) is 28.3. The van der Waals surface area contributed by atoms with Crippen LogP contribution in [0.3, 0.4) is 0 Å². The lowest BCUT2D eigenvalue weighted by Crippen LogP contribution is -2.35. The molecule has 0 amide bonds. The Hall–Kier alpha value is -2.96. The molecule has 1 N–H and O–H groups in total. The Balaban J connectivity index is 0.000000158. The summed E-state index contributed by atoms with van der Waals surface area (Å²) in [6.45, 7) is 14.5.